The van der Waals surface area contributed by atoms with Crippen molar-refractivity contribution in [2.75, 3.05) is 13.6 Å². The molecule has 2 rings (SSSR count). The van der Waals surface area contributed by atoms with Crippen LogP contribution in [0.15, 0.2) is 24.3 Å². The molecular weight excluding hydrogens is 267 g/mol. The zero-order valence-corrected chi connectivity index (χ0v) is 13.1. The summed E-state index contributed by atoms with van der Waals surface area (Å²) < 4.78 is 13.1. The third-order valence-corrected chi connectivity index (χ3v) is 4.64. The van der Waals surface area contributed by atoms with E-state index in [1.165, 1.54) is 12.1 Å². The van der Waals surface area contributed by atoms with Crippen LogP contribution in [-0.2, 0) is 0 Å². The Morgan fingerprint density at radius 2 is 1.86 bits per heavy atom. The van der Waals surface area contributed by atoms with Gasteiger partial charge in [0.15, 0.2) is 0 Å². The Hall–Kier alpha value is -0.970. The SMILES string of the molecule is CCC(N)C(c1ccc(F)cc1)N(C)CC1(O)CCCC1. The molecule has 0 radical (unpaired) electrons. The minimum Gasteiger partial charge on any atom is -0.389 e. The van der Waals surface area contributed by atoms with E-state index in [2.05, 4.69) is 11.8 Å². The first-order chi connectivity index (χ1) is 9.95. The maximum atomic E-state index is 13.1. The Bertz CT molecular complexity index is 443. The van der Waals surface area contributed by atoms with Gasteiger partial charge in [0.1, 0.15) is 5.82 Å². The molecule has 0 saturated heterocycles. The molecule has 1 fully saturated rings. The molecule has 0 spiro atoms. The molecule has 1 aromatic carbocycles. The normalized spacial score (nSPS) is 20.7. The van der Waals surface area contributed by atoms with Crippen LogP contribution in [0.1, 0.15) is 50.6 Å². The number of hydrogen-bond donors (Lipinski definition) is 2. The van der Waals surface area contributed by atoms with Gasteiger partial charge in [0.05, 0.1) is 5.60 Å². The number of nitrogens with two attached hydrogens (primary N) is 1. The minimum atomic E-state index is -0.597. The van der Waals surface area contributed by atoms with Crippen molar-refractivity contribution < 1.29 is 9.50 Å². The summed E-state index contributed by atoms with van der Waals surface area (Å²) in [5, 5.41) is 10.6. The molecule has 3 nitrogen and oxygen atoms in total. The highest BCUT2D eigenvalue weighted by molar-refractivity contribution is 5.21. The largest absolute Gasteiger partial charge is 0.389 e. The van der Waals surface area contributed by atoms with Gasteiger partial charge in [-0.15, -0.1) is 0 Å². The number of aliphatic hydroxyl groups is 1. The highest BCUT2D eigenvalue weighted by Crippen LogP contribution is 2.33. The Morgan fingerprint density at radius 3 is 2.38 bits per heavy atom. The van der Waals surface area contributed by atoms with Gasteiger partial charge in [0, 0.05) is 18.6 Å². The molecule has 0 bridgehead atoms. The number of halogens is 1. The molecule has 3 N–H and O–H groups in total. The third-order valence-electron chi connectivity index (χ3n) is 4.64. The first-order valence-corrected chi connectivity index (χ1v) is 7.89. The molecule has 0 heterocycles. The topological polar surface area (TPSA) is 49.5 Å². The molecule has 21 heavy (non-hydrogen) atoms. The second kappa shape index (κ2) is 6.86. The lowest BCUT2D eigenvalue weighted by Crippen LogP contribution is -2.46. The maximum absolute atomic E-state index is 13.1. The monoisotopic (exact) mass is 294 g/mol. The number of nitrogens with zero attached hydrogens (tertiary/aromatic N) is 1. The van der Waals surface area contributed by atoms with Crippen LogP contribution >= 0.6 is 0 Å². The second-order valence-corrected chi connectivity index (χ2v) is 6.42. The predicted octanol–water partition coefficient (Wildman–Crippen LogP) is 2.84. The Kier molecular flexibility index (Phi) is 5.36. The van der Waals surface area contributed by atoms with Gasteiger partial charge in [-0.05, 0) is 44.0 Å². The predicted molar refractivity (Wildman–Crippen MR) is 83.5 cm³/mol. The zero-order valence-electron chi connectivity index (χ0n) is 13.1. The third kappa shape index (κ3) is 4.02. The van der Waals surface area contributed by atoms with E-state index in [1.807, 2.05) is 7.05 Å². The van der Waals surface area contributed by atoms with Crippen molar-refractivity contribution in [1.82, 2.24) is 4.90 Å². The van der Waals surface area contributed by atoms with Gasteiger partial charge in [-0.2, -0.15) is 0 Å². The van der Waals surface area contributed by atoms with E-state index in [9.17, 15) is 9.50 Å². The molecule has 1 aliphatic carbocycles. The lowest BCUT2D eigenvalue weighted by atomic mass is 9.94. The number of benzene rings is 1. The average molecular weight is 294 g/mol. The van der Waals surface area contributed by atoms with Crippen molar-refractivity contribution in [3.8, 4) is 0 Å². The van der Waals surface area contributed by atoms with E-state index in [-0.39, 0.29) is 17.9 Å². The lowest BCUT2D eigenvalue weighted by Gasteiger charge is -2.37. The Balaban J connectivity index is 2.17. The first-order valence-electron chi connectivity index (χ1n) is 7.89. The summed E-state index contributed by atoms with van der Waals surface area (Å²) in [4.78, 5) is 2.13. The van der Waals surface area contributed by atoms with E-state index in [4.69, 9.17) is 5.73 Å². The molecular formula is C17H27FN2O. The fraction of sp³-hybridized carbons (Fsp3) is 0.647. The highest BCUT2D eigenvalue weighted by Gasteiger charge is 2.35. The molecule has 4 heteroatoms. The van der Waals surface area contributed by atoms with Gasteiger partial charge in [0.25, 0.3) is 0 Å². The quantitative estimate of drug-likeness (QED) is 0.848. The molecule has 118 valence electrons. The highest BCUT2D eigenvalue weighted by atomic mass is 19.1. The van der Waals surface area contributed by atoms with Crippen molar-refractivity contribution in [2.24, 2.45) is 5.73 Å². The summed E-state index contributed by atoms with van der Waals surface area (Å²) >= 11 is 0. The van der Waals surface area contributed by atoms with Crippen LogP contribution in [0.2, 0.25) is 0 Å². The van der Waals surface area contributed by atoms with Crippen LogP contribution in [0.4, 0.5) is 4.39 Å². The molecule has 2 atom stereocenters. The minimum absolute atomic E-state index is 0.000208. The lowest BCUT2D eigenvalue weighted by molar-refractivity contribution is 0.00164. The van der Waals surface area contributed by atoms with Gasteiger partial charge < -0.3 is 10.8 Å². The van der Waals surface area contributed by atoms with E-state index >= 15 is 0 Å². The second-order valence-electron chi connectivity index (χ2n) is 6.42. The van der Waals surface area contributed by atoms with Crippen LogP contribution in [0.25, 0.3) is 0 Å². The van der Waals surface area contributed by atoms with E-state index in [1.54, 1.807) is 12.1 Å². The van der Waals surface area contributed by atoms with Gasteiger partial charge in [-0.3, -0.25) is 4.90 Å². The van der Waals surface area contributed by atoms with E-state index in [0.717, 1.165) is 37.7 Å². The van der Waals surface area contributed by atoms with Gasteiger partial charge in [0.2, 0.25) is 0 Å². The summed E-state index contributed by atoms with van der Waals surface area (Å²) in [6.07, 6.45) is 4.73. The average Bonchev–Trinajstić information content (AvgIpc) is 2.87. The van der Waals surface area contributed by atoms with Crippen LogP contribution < -0.4 is 5.73 Å². The Labute approximate surface area is 126 Å². The summed E-state index contributed by atoms with van der Waals surface area (Å²) in [5.41, 5.74) is 6.70. The fourth-order valence-electron chi connectivity index (χ4n) is 3.47. The smallest absolute Gasteiger partial charge is 0.123 e. The van der Waals surface area contributed by atoms with Crippen LogP contribution in [0.5, 0.6) is 0 Å². The van der Waals surface area contributed by atoms with E-state index in [0.29, 0.717) is 6.54 Å². The van der Waals surface area contributed by atoms with Crippen molar-refractivity contribution in [3.05, 3.63) is 35.6 Å². The molecule has 0 aromatic heterocycles. The Morgan fingerprint density at radius 1 is 1.29 bits per heavy atom. The van der Waals surface area contributed by atoms with Crippen molar-refractivity contribution in [1.29, 1.82) is 0 Å². The van der Waals surface area contributed by atoms with Crippen molar-refractivity contribution in [3.63, 3.8) is 0 Å². The van der Waals surface area contributed by atoms with Crippen LogP contribution in [0, 0.1) is 5.82 Å². The maximum Gasteiger partial charge on any atom is 0.123 e. The van der Waals surface area contributed by atoms with E-state index < -0.39 is 5.60 Å². The number of rotatable bonds is 6. The molecule has 1 aromatic rings. The zero-order chi connectivity index (χ0) is 15.5. The molecule has 0 aliphatic heterocycles. The van der Waals surface area contributed by atoms with Crippen molar-refractivity contribution in [2.45, 2.75) is 56.7 Å². The molecule has 1 saturated carbocycles. The van der Waals surface area contributed by atoms with Crippen LogP contribution in [-0.4, -0.2) is 35.2 Å². The number of likely N-dealkylation sites (N-methyl/N-ethyl adjacent to an activating group) is 1. The number of hydrogen-bond acceptors (Lipinski definition) is 3. The molecule has 2 unspecified atom stereocenters. The van der Waals surface area contributed by atoms with Crippen molar-refractivity contribution >= 4 is 0 Å². The van der Waals surface area contributed by atoms with Gasteiger partial charge in [-0.1, -0.05) is 31.9 Å². The fourth-order valence-corrected chi connectivity index (χ4v) is 3.47. The molecule has 0 amide bonds. The first kappa shape index (κ1) is 16.4. The summed E-state index contributed by atoms with van der Waals surface area (Å²) in [7, 11) is 2.00. The summed E-state index contributed by atoms with van der Waals surface area (Å²) in [6, 6.07) is 6.51. The van der Waals surface area contributed by atoms with Crippen LogP contribution in [0.3, 0.4) is 0 Å². The van der Waals surface area contributed by atoms with Gasteiger partial charge in [-0.25, -0.2) is 4.39 Å². The standard InChI is InChI=1S/C17H27FN2O/c1-3-15(19)16(13-6-8-14(18)9-7-13)20(2)12-17(21)10-4-5-11-17/h6-9,15-16,21H,3-5,10-12,19H2,1-2H3. The molecule has 1 aliphatic rings. The summed E-state index contributed by atoms with van der Waals surface area (Å²) in [5.74, 6) is -0.236. The van der Waals surface area contributed by atoms with Gasteiger partial charge >= 0.3 is 0 Å². The summed E-state index contributed by atoms with van der Waals surface area (Å²) in [6.45, 7) is 2.67.